The monoisotopic (exact) mass is 268 g/mol. The highest BCUT2D eigenvalue weighted by molar-refractivity contribution is 5.83. The Hall–Kier alpha value is -1.44. The van der Waals surface area contributed by atoms with E-state index >= 15 is 0 Å². The second kappa shape index (κ2) is 5.68. The number of hydrogen-bond acceptors (Lipinski definition) is 5. The first-order valence-electron chi connectivity index (χ1n) is 6.42. The minimum absolute atomic E-state index is 0.224. The van der Waals surface area contributed by atoms with Gasteiger partial charge in [-0.15, -0.1) is 0 Å². The van der Waals surface area contributed by atoms with Gasteiger partial charge in [0.2, 0.25) is 5.91 Å². The molecule has 1 amide bonds. The predicted molar refractivity (Wildman–Crippen MR) is 68.3 cm³/mol. The van der Waals surface area contributed by atoms with Gasteiger partial charge in [0.25, 0.3) is 0 Å². The van der Waals surface area contributed by atoms with Crippen molar-refractivity contribution in [2.45, 2.75) is 37.9 Å². The molecule has 0 radical (unpaired) electrons. The van der Waals surface area contributed by atoms with Gasteiger partial charge in [0.1, 0.15) is 0 Å². The van der Waals surface area contributed by atoms with Gasteiger partial charge in [-0.2, -0.15) is 0 Å². The molecule has 1 aromatic rings. The fourth-order valence-electron chi connectivity index (χ4n) is 2.14. The molecule has 0 spiro atoms. The summed E-state index contributed by atoms with van der Waals surface area (Å²) in [6.45, 7) is 1.80. The van der Waals surface area contributed by atoms with E-state index in [2.05, 4.69) is 20.6 Å². The molecule has 1 aliphatic heterocycles. The number of rotatable bonds is 5. The van der Waals surface area contributed by atoms with Gasteiger partial charge >= 0.3 is 0 Å². The molecule has 0 aromatic carbocycles. The van der Waals surface area contributed by atoms with Crippen LogP contribution in [0, 0.1) is 0 Å². The van der Waals surface area contributed by atoms with Crippen molar-refractivity contribution in [2.24, 2.45) is 0 Å². The first-order chi connectivity index (χ1) is 9.14. The lowest BCUT2D eigenvalue weighted by molar-refractivity contribution is -0.126. The summed E-state index contributed by atoms with van der Waals surface area (Å²) in [6.07, 6.45) is 2.58. The summed E-state index contributed by atoms with van der Waals surface area (Å²) in [6, 6.07) is -0.389. The number of H-pyrrole nitrogens is 1. The minimum Gasteiger partial charge on any atom is -0.394 e. The van der Waals surface area contributed by atoms with Gasteiger partial charge in [-0.1, -0.05) is 6.92 Å². The second-order valence-corrected chi connectivity index (χ2v) is 4.90. The zero-order valence-electron chi connectivity index (χ0n) is 10.9. The Morgan fingerprint density at radius 2 is 2.32 bits per heavy atom. The van der Waals surface area contributed by atoms with E-state index in [4.69, 9.17) is 0 Å². The molecule has 0 aliphatic carbocycles. The van der Waals surface area contributed by atoms with Crippen molar-refractivity contribution in [1.29, 1.82) is 0 Å². The van der Waals surface area contributed by atoms with E-state index in [1.165, 1.54) is 0 Å². The molecule has 7 nitrogen and oxygen atoms in total. The van der Waals surface area contributed by atoms with E-state index in [-0.39, 0.29) is 25.2 Å². The number of aliphatic hydroxyl groups excluding tert-OH is 2. The number of nitrogens with one attached hydrogen (secondary N) is 3. The summed E-state index contributed by atoms with van der Waals surface area (Å²) in [7, 11) is 0. The second-order valence-electron chi connectivity index (χ2n) is 4.90. The minimum atomic E-state index is -0.954. The predicted octanol–water partition coefficient (Wildman–Crippen LogP) is -1.33. The van der Waals surface area contributed by atoms with Crippen LogP contribution >= 0.6 is 0 Å². The summed E-state index contributed by atoms with van der Waals surface area (Å²) in [5.74, 6) is -0.224. The molecule has 0 fully saturated rings. The van der Waals surface area contributed by atoms with Crippen LogP contribution in [0.5, 0.6) is 0 Å². The number of carbonyl (C=O) groups excluding carboxylic acids is 1. The van der Waals surface area contributed by atoms with E-state index in [0.717, 1.165) is 11.4 Å². The molecular formula is C12H20N4O3. The van der Waals surface area contributed by atoms with Crippen molar-refractivity contribution in [3.8, 4) is 0 Å². The van der Waals surface area contributed by atoms with Crippen LogP contribution < -0.4 is 10.6 Å². The fraction of sp³-hybridized carbons (Fsp3) is 0.667. The topological polar surface area (TPSA) is 110 Å². The van der Waals surface area contributed by atoms with Gasteiger partial charge in [0.15, 0.2) is 0 Å². The first-order valence-corrected chi connectivity index (χ1v) is 6.42. The maximum Gasteiger partial charge on any atom is 0.238 e. The third-order valence-corrected chi connectivity index (χ3v) is 3.72. The zero-order valence-corrected chi connectivity index (χ0v) is 10.9. The standard InChI is InChI=1S/C12H20N4O3/c1-2-12(5-17,6-18)16-11(19)9-3-8-10(4-13-9)15-7-14-8/h7,9,13,17-18H,2-6H2,1H3,(H,14,15)(H,16,19). The van der Waals surface area contributed by atoms with Crippen molar-refractivity contribution in [1.82, 2.24) is 20.6 Å². The van der Waals surface area contributed by atoms with Crippen LogP contribution in [0.1, 0.15) is 24.7 Å². The summed E-state index contributed by atoms with van der Waals surface area (Å²) < 4.78 is 0. The Labute approximate surface area is 111 Å². The van der Waals surface area contributed by atoms with E-state index in [1.54, 1.807) is 6.33 Å². The Morgan fingerprint density at radius 1 is 1.58 bits per heavy atom. The molecule has 19 heavy (non-hydrogen) atoms. The van der Waals surface area contributed by atoms with E-state index in [0.29, 0.717) is 19.4 Å². The molecule has 5 N–H and O–H groups in total. The van der Waals surface area contributed by atoms with Crippen molar-refractivity contribution in [2.75, 3.05) is 13.2 Å². The lowest BCUT2D eigenvalue weighted by Crippen LogP contribution is -2.59. The SMILES string of the molecule is CCC(CO)(CO)NC(=O)C1Cc2nc[nH]c2CN1. The van der Waals surface area contributed by atoms with Crippen molar-refractivity contribution < 1.29 is 15.0 Å². The summed E-state index contributed by atoms with van der Waals surface area (Å²) in [5.41, 5.74) is 0.925. The summed E-state index contributed by atoms with van der Waals surface area (Å²) in [4.78, 5) is 19.4. The van der Waals surface area contributed by atoms with Crippen LogP contribution in [0.25, 0.3) is 0 Å². The van der Waals surface area contributed by atoms with Gasteiger partial charge in [0.05, 0.1) is 42.5 Å². The highest BCUT2D eigenvalue weighted by Gasteiger charge is 2.33. The lowest BCUT2D eigenvalue weighted by atomic mass is 9.96. The highest BCUT2D eigenvalue weighted by Crippen LogP contribution is 2.14. The first kappa shape index (κ1) is 14.0. The van der Waals surface area contributed by atoms with E-state index < -0.39 is 5.54 Å². The molecule has 1 aliphatic rings. The van der Waals surface area contributed by atoms with Crippen LogP contribution in [0.4, 0.5) is 0 Å². The van der Waals surface area contributed by atoms with Gasteiger partial charge in [-0.3, -0.25) is 10.1 Å². The Morgan fingerprint density at radius 3 is 2.95 bits per heavy atom. The molecule has 106 valence electrons. The third kappa shape index (κ3) is 2.78. The Bertz CT molecular complexity index is 434. The number of carbonyl (C=O) groups is 1. The number of amides is 1. The summed E-state index contributed by atoms with van der Waals surface area (Å²) in [5, 5.41) is 24.5. The molecule has 2 rings (SSSR count). The van der Waals surface area contributed by atoms with Crippen LogP contribution in [0.3, 0.4) is 0 Å². The van der Waals surface area contributed by atoms with Gasteiger partial charge in [0, 0.05) is 13.0 Å². The largest absolute Gasteiger partial charge is 0.394 e. The fourth-order valence-corrected chi connectivity index (χ4v) is 2.14. The third-order valence-electron chi connectivity index (χ3n) is 3.72. The molecule has 1 aromatic heterocycles. The number of aromatic amines is 1. The molecule has 0 saturated heterocycles. The van der Waals surface area contributed by atoms with Crippen molar-refractivity contribution in [3.05, 3.63) is 17.7 Å². The quantitative estimate of drug-likeness (QED) is 0.455. The maximum atomic E-state index is 12.2. The molecule has 1 unspecified atom stereocenters. The molecule has 2 heterocycles. The number of aliphatic hydroxyl groups is 2. The Balaban J connectivity index is 2.01. The molecule has 0 saturated carbocycles. The maximum absolute atomic E-state index is 12.2. The lowest BCUT2D eigenvalue weighted by Gasteiger charge is -2.32. The average molecular weight is 268 g/mol. The summed E-state index contributed by atoms with van der Waals surface area (Å²) >= 11 is 0. The van der Waals surface area contributed by atoms with Crippen molar-refractivity contribution in [3.63, 3.8) is 0 Å². The number of hydrogen-bond donors (Lipinski definition) is 5. The van der Waals surface area contributed by atoms with Gasteiger partial charge < -0.3 is 20.5 Å². The Kier molecular flexibility index (Phi) is 4.18. The van der Waals surface area contributed by atoms with Crippen LogP contribution in [0.15, 0.2) is 6.33 Å². The highest BCUT2D eigenvalue weighted by atomic mass is 16.3. The molecule has 0 bridgehead atoms. The normalized spacial score (nSPS) is 19.0. The number of aromatic nitrogens is 2. The number of imidazole rings is 1. The van der Waals surface area contributed by atoms with E-state index in [9.17, 15) is 15.0 Å². The van der Waals surface area contributed by atoms with Gasteiger partial charge in [-0.25, -0.2) is 4.98 Å². The van der Waals surface area contributed by atoms with Gasteiger partial charge in [-0.05, 0) is 6.42 Å². The number of fused-ring (bicyclic) bond motifs is 1. The smallest absolute Gasteiger partial charge is 0.238 e. The van der Waals surface area contributed by atoms with Crippen LogP contribution in [-0.2, 0) is 17.8 Å². The zero-order chi connectivity index (χ0) is 13.9. The van der Waals surface area contributed by atoms with Crippen LogP contribution in [0.2, 0.25) is 0 Å². The van der Waals surface area contributed by atoms with Crippen molar-refractivity contribution >= 4 is 5.91 Å². The van der Waals surface area contributed by atoms with E-state index in [1.807, 2.05) is 6.92 Å². The molecule has 1 atom stereocenters. The molecular weight excluding hydrogens is 248 g/mol. The van der Waals surface area contributed by atoms with Crippen LogP contribution in [-0.4, -0.2) is 50.9 Å². The molecule has 7 heteroatoms. The number of nitrogens with zero attached hydrogens (tertiary/aromatic N) is 1. The average Bonchev–Trinajstić information content (AvgIpc) is 2.92.